The summed E-state index contributed by atoms with van der Waals surface area (Å²) in [7, 11) is 0. The van der Waals surface area contributed by atoms with E-state index in [0.717, 1.165) is 19.3 Å². The molecule has 0 aromatic heterocycles. The second-order valence-corrected chi connectivity index (χ2v) is 3.38. The normalized spacial score (nSPS) is 10.1. The van der Waals surface area contributed by atoms with Gasteiger partial charge in [0.25, 0.3) is 5.91 Å². The summed E-state index contributed by atoms with van der Waals surface area (Å²) < 4.78 is 0. The Hall–Kier alpha value is -0.0900. The predicted octanol–water partition coefficient (Wildman–Crippen LogP) is 2.35. The summed E-state index contributed by atoms with van der Waals surface area (Å²) in [5.74, 6) is 0.00176. The van der Waals surface area contributed by atoms with E-state index in [4.69, 9.17) is 4.84 Å². The van der Waals surface area contributed by atoms with Crippen LogP contribution in [0.15, 0.2) is 0 Å². The molecule has 0 saturated carbocycles. The Labute approximate surface area is 88.5 Å². The van der Waals surface area contributed by atoms with Gasteiger partial charge in [0, 0.05) is 6.54 Å². The van der Waals surface area contributed by atoms with Crippen LogP contribution >= 0.6 is 15.9 Å². The number of carbonyl (C=O) groups excluding carboxylic acids is 1. The molecule has 0 fully saturated rings. The topological polar surface area (TPSA) is 29.5 Å². The lowest BCUT2D eigenvalue weighted by Crippen LogP contribution is -2.33. The average molecular weight is 252 g/mol. The molecule has 13 heavy (non-hydrogen) atoms. The summed E-state index contributed by atoms with van der Waals surface area (Å²) in [4.78, 5) is 16.6. The Bertz CT molecular complexity index is 134. The van der Waals surface area contributed by atoms with Crippen molar-refractivity contribution in [3.8, 4) is 0 Å². The third-order valence-corrected chi connectivity index (χ3v) is 2.04. The van der Waals surface area contributed by atoms with E-state index in [9.17, 15) is 4.79 Å². The molecule has 3 nitrogen and oxygen atoms in total. The van der Waals surface area contributed by atoms with Crippen LogP contribution in [0.5, 0.6) is 0 Å². The van der Waals surface area contributed by atoms with Gasteiger partial charge in [0.2, 0.25) is 0 Å². The number of unbranched alkanes of at least 4 members (excludes halogenated alkanes) is 1. The van der Waals surface area contributed by atoms with Crippen LogP contribution in [0, 0.1) is 0 Å². The van der Waals surface area contributed by atoms with Gasteiger partial charge < -0.3 is 0 Å². The fraction of sp³-hybridized carbons (Fsp3) is 0.889. The first-order valence-corrected chi connectivity index (χ1v) is 5.87. The Balaban J connectivity index is 3.79. The fourth-order valence-electron chi connectivity index (χ4n) is 0.831. The zero-order chi connectivity index (χ0) is 10.1. The maximum atomic E-state index is 11.3. The van der Waals surface area contributed by atoms with E-state index < -0.39 is 0 Å². The zero-order valence-electron chi connectivity index (χ0n) is 8.38. The Morgan fingerprint density at radius 3 is 2.54 bits per heavy atom. The summed E-state index contributed by atoms with van der Waals surface area (Å²) >= 11 is 3.13. The predicted molar refractivity (Wildman–Crippen MR) is 56.7 cm³/mol. The van der Waals surface area contributed by atoms with Crippen molar-refractivity contribution in [2.45, 2.75) is 33.1 Å². The highest BCUT2D eigenvalue weighted by Gasteiger charge is 2.11. The molecule has 0 aliphatic heterocycles. The van der Waals surface area contributed by atoms with Gasteiger partial charge in [-0.3, -0.25) is 9.63 Å². The molecule has 0 aliphatic carbocycles. The number of nitrogens with zero attached hydrogens (tertiary/aromatic N) is 1. The highest BCUT2D eigenvalue weighted by Crippen LogP contribution is 2.00. The molecule has 1 amide bonds. The number of hydroxylamine groups is 2. The number of alkyl halides is 1. The lowest BCUT2D eigenvalue weighted by Gasteiger charge is -2.20. The number of halogens is 1. The van der Waals surface area contributed by atoms with E-state index in [2.05, 4.69) is 22.9 Å². The molecule has 0 bridgehead atoms. The number of rotatable bonds is 7. The van der Waals surface area contributed by atoms with Crippen LogP contribution < -0.4 is 0 Å². The van der Waals surface area contributed by atoms with E-state index in [1.165, 1.54) is 5.06 Å². The van der Waals surface area contributed by atoms with Gasteiger partial charge in [-0.25, -0.2) is 5.06 Å². The van der Waals surface area contributed by atoms with Crippen molar-refractivity contribution in [2.75, 3.05) is 18.5 Å². The van der Waals surface area contributed by atoms with Crippen LogP contribution in [0.2, 0.25) is 0 Å². The van der Waals surface area contributed by atoms with Crippen LogP contribution in [0.1, 0.15) is 33.1 Å². The molecule has 0 rings (SSSR count). The minimum absolute atomic E-state index is 0.00176. The van der Waals surface area contributed by atoms with Crippen molar-refractivity contribution < 1.29 is 9.63 Å². The molecular formula is C9H18BrNO2. The standard InChI is InChI=1S/C9H18BrNO2/c1-3-5-6-11(9(12)8-10)13-7-4-2/h3-8H2,1-2H3. The molecule has 0 unspecified atom stereocenters. The summed E-state index contributed by atoms with van der Waals surface area (Å²) in [6.07, 6.45) is 2.99. The van der Waals surface area contributed by atoms with Gasteiger partial charge in [-0.15, -0.1) is 0 Å². The maximum absolute atomic E-state index is 11.3. The van der Waals surface area contributed by atoms with E-state index in [-0.39, 0.29) is 5.91 Å². The summed E-state index contributed by atoms with van der Waals surface area (Å²) in [6.45, 7) is 5.43. The zero-order valence-corrected chi connectivity index (χ0v) is 9.97. The average Bonchev–Trinajstić information content (AvgIpc) is 2.17. The Kier molecular flexibility index (Phi) is 8.45. The molecule has 0 saturated heterocycles. The smallest absolute Gasteiger partial charge is 0.256 e. The van der Waals surface area contributed by atoms with Crippen LogP contribution in [-0.2, 0) is 9.63 Å². The summed E-state index contributed by atoms with van der Waals surface area (Å²) in [6, 6.07) is 0. The number of hydrogen-bond acceptors (Lipinski definition) is 2. The molecule has 0 heterocycles. The molecule has 0 aromatic rings. The van der Waals surface area contributed by atoms with Crippen molar-refractivity contribution in [3.63, 3.8) is 0 Å². The van der Waals surface area contributed by atoms with Crippen molar-refractivity contribution in [2.24, 2.45) is 0 Å². The highest BCUT2D eigenvalue weighted by atomic mass is 79.9. The largest absolute Gasteiger partial charge is 0.272 e. The SMILES string of the molecule is CCCCN(OCCC)C(=O)CBr. The molecule has 0 atom stereocenters. The first-order chi connectivity index (χ1) is 6.26. The summed E-state index contributed by atoms with van der Waals surface area (Å²) in [5.41, 5.74) is 0. The van der Waals surface area contributed by atoms with Crippen LogP contribution in [-0.4, -0.2) is 29.5 Å². The molecule has 0 aromatic carbocycles. The minimum atomic E-state index is 0.00176. The van der Waals surface area contributed by atoms with Gasteiger partial charge in [0.05, 0.1) is 11.9 Å². The van der Waals surface area contributed by atoms with E-state index >= 15 is 0 Å². The molecule has 0 radical (unpaired) electrons. The molecule has 0 N–H and O–H groups in total. The third kappa shape index (κ3) is 6.05. The van der Waals surface area contributed by atoms with Crippen LogP contribution in [0.3, 0.4) is 0 Å². The molecule has 78 valence electrons. The number of carbonyl (C=O) groups is 1. The number of amides is 1. The molecule has 0 spiro atoms. The fourth-order valence-corrected chi connectivity index (χ4v) is 1.11. The van der Waals surface area contributed by atoms with Gasteiger partial charge in [-0.2, -0.15) is 0 Å². The van der Waals surface area contributed by atoms with Crippen LogP contribution in [0.4, 0.5) is 0 Å². The second-order valence-electron chi connectivity index (χ2n) is 2.82. The van der Waals surface area contributed by atoms with E-state index in [1.54, 1.807) is 0 Å². The van der Waals surface area contributed by atoms with Crippen molar-refractivity contribution in [3.05, 3.63) is 0 Å². The minimum Gasteiger partial charge on any atom is -0.272 e. The Morgan fingerprint density at radius 1 is 1.38 bits per heavy atom. The van der Waals surface area contributed by atoms with Crippen LogP contribution in [0.25, 0.3) is 0 Å². The lowest BCUT2D eigenvalue weighted by atomic mass is 10.3. The van der Waals surface area contributed by atoms with Gasteiger partial charge in [-0.05, 0) is 12.8 Å². The Morgan fingerprint density at radius 2 is 2.08 bits per heavy atom. The maximum Gasteiger partial charge on any atom is 0.256 e. The van der Waals surface area contributed by atoms with Crippen molar-refractivity contribution in [1.82, 2.24) is 5.06 Å². The first kappa shape index (κ1) is 12.9. The van der Waals surface area contributed by atoms with Gasteiger partial charge in [-0.1, -0.05) is 36.2 Å². The first-order valence-electron chi connectivity index (χ1n) is 4.75. The molecule has 4 heteroatoms. The van der Waals surface area contributed by atoms with Gasteiger partial charge in [0.15, 0.2) is 0 Å². The quantitative estimate of drug-likeness (QED) is 0.514. The van der Waals surface area contributed by atoms with Crippen molar-refractivity contribution >= 4 is 21.8 Å². The van der Waals surface area contributed by atoms with Gasteiger partial charge >= 0.3 is 0 Å². The molecule has 0 aliphatic rings. The third-order valence-electron chi connectivity index (χ3n) is 1.56. The molecular weight excluding hydrogens is 234 g/mol. The lowest BCUT2D eigenvalue weighted by molar-refractivity contribution is -0.183. The van der Waals surface area contributed by atoms with Gasteiger partial charge in [0.1, 0.15) is 0 Å². The van der Waals surface area contributed by atoms with E-state index in [1.807, 2.05) is 6.92 Å². The highest BCUT2D eigenvalue weighted by molar-refractivity contribution is 9.09. The van der Waals surface area contributed by atoms with Crippen molar-refractivity contribution in [1.29, 1.82) is 0 Å². The second kappa shape index (κ2) is 8.51. The summed E-state index contributed by atoms with van der Waals surface area (Å²) in [5, 5.41) is 1.79. The monoisotopic (exact) mass is 251 g/mol. The van der Waals surface area contributed by atoms with E-state index in [0.29, 0.717) is 18.5 Å². The number of hydrogen-bond donors (Lipinski definition) is 0.